The van der Waals surface area contributed by atoms with Crippen LogP contribution in [0.1, 0.15) is 15.9 Å². The normalized spacial score (nSPS) is 9.56. The lowest BCUT2D eigenvalue weighted by molar-refractivity contribution is 0.0600. The molecule has 0 aromatic heterocycles. The molecule has 3 N–H and O–H groups in total. The fraction of sp³-hybridized carbons (Fsp3) is 0.200. The molecule has 0 bridgehead atoms. The Hall–Kier alpha value is -2.08. The molecule has 0 fully saturated rings. The third-order valence-electron chi connectivity index (χ3n) is 1.86. The van der Waals surface area contributed by atoms with E-state index in [1.54, 1.807) is 24.3 Å². The Morgan fingerprint density at radius 3 is 2.44 bits per heavy atom. The highest BCUT2D eigenvalue weighted by Crippen LogP contribution is 2.05. The van der Waals surface area contributed by atoms with Crippen LogP contribution in [-0.4, -0.2) is 24.3 Å². The first-order valence-electron chi connectivity index (χ1n) is 4.52. The topological polar surface area (TPSA) is 87.7 Å². The second kappa shape index (κ2) is 5.72. The van der Waals surface area contributed by atoms with E-state index in [0.29, 0.717) is 12.1 Å². The molecule has 1 amide bonds. The van der Waals surface area contributed by atoms with Crippen molar-refractivity contribution in [1.82, 2.24) is 10.9 Å². The maximum absolute atomic E-state index is 11.1. The molecule has 86 valence electrons. The van der Waals surface area contributed by atoms with Crippen molar-refractivity contribution in [1.29, 1.82) is 0 Å². The highest BCUT2D eigenvalue weighted by Gasteiger charge is 2.03. The van der Waals surface area contributed by atoms with Crippen molar-refractivity contribution in [2.24, 2.45) is 0 Å². The van der Waals surface area contributed by atoms with Gasteiger partial charge in [-0.25, -0.2) is 15.0 Å². The zero-order valence-electron chi connectivity index (χ0n) is 8.69. The molecule has 0 aliphatic rings. The van der Waals surface area contributed by atoms with Crippen LogP contribution >= 0.6 is 0 Å². The minimum atomic E-state index is -1.15. The summed E-state index contributed by atoms with van der Waals surface area (Å²) in [5.41, 5.74) is 5.82. The van der Waals surface area contributed by atoms with Crippen LogP contribution < -0.4 is 10.9 Å². The fourth-order valence-corrected chi connectivity index (χ4v) is 1.10. The van der Waals surface area contributed by atoms with Crippen molar-refractivity contribution in [3.05, 3.63) is 35.4 Å². The van der Waals surface area contributed by atoms with Gasteiger partial charge in [0, 0.05) is 6.54 Å². The molecule has 0 saturated heterocycles. The second-order valence-electron chi connectivity index (χ2n) is 2.97. The second-order valence-corrected chi connectivity index (χ2v) is 2.97. The number of nitrogens with one attached hydrogen (secondary N) is 2. The Morgan fingerprint density at radius 2 is 1.94 bits per heavy atom. The third kappa shape index (κ3) is 3.58. The number of rotatable bonds is 4. The number of ether oxygens (including phenoxy) is 1. The molecule has 6 heteroatoms. The van der Waals surface area contributed by atoms with Gasteiger partial charge in [-0.2, -0.15) is 0 Å². The Morgan fingerprint density at radius 1 is 1.31 bits per heavy atom. The number of hydrazine groups is 1. The predicted molar refractivity (Wildman–Crippen MR) is 55.8 cm³/mol. The summed E-state index contributed by atoms with van der Waals surface area (Å²) in [4.78, 5) is 21.2. The van der Waals surface area contributed by atoms with E-state index < -0.39 is 12.1 Å². The first-order valence-corrected chi connectivity index (χ1v) is 4.52. The molecule has 6 nitrogen and oxygen atoms in total. The molecular weight excluding hydrogens is 212 g/mol. The van der Waals surface area contributed by atoms with Crippen LogP contribution in [0.4, 0.5) is 4.79 Å². The standard InChI is InChI=1S/C10H12N2O4/c1-16-9(13)8-4-2-7(3-5-8)6-11-12-10(14)15/h2-5,11-12H,6H2,1H3,(H,14,15). The smallest absolute Gasteiger partial charge is 0.419 e. The molecule has 0 spiro atoms. The van der Waals surface area contributed by atoms with Crippen LogP contribution in [0, 0.1) is 0 Å². The zero-order valence-corrected chi connectivity index (χ0v) is 8.69. The lowest BCUT2D eigenvalue weighted by atomic mass is 10.1. The van der Waals surface area contributed by atoms with Crippen LogP contribution in [0.15, 0.2) is 24.3 Å². The SMILES string of the molecule is COC(=O)c1ccc(CNNC(=O)O)cc1. The van der Waals surface area contributed by atoms with E-state index in [1.807, 2.05) is 5.43 Å². The molecule has 0 aliphatic heterocycles. The minimum Gasteiger partial charge on any atom is -0.465 e. The van der Waals surface area contributed by atoms with Crippen LogP contribution in [0.25, 0.3) is 0 Å². The molecule has 0 unspecified atom stereocenters. The van der Waals surface area contributed by atoms with Crippen molar-refractivity contribution in [3.63, 3.8) is 0 Å². The largest absolute Gasteiger partial charge is 0.465 e. The highest BCUT2D eigenvalue weighted by molar-refractivity contribution is 5.89. The quantitative estimate of drug-likeness (QED) is 0.518. The zero-order chi connectivity index (χ0) is 12.0. The number of hydrogen-bond acceptors (Lipinski definition) is 4. The fourth-order valence-electron chi connectivity index (χ4n) is 1.10. The van der Waals surface area contributed by atoms with Gasteiger partial charge in [0.15, 0.2) is 0 Å². The van der Waals surface area contributed by atoms with Crippen molar-refractivity contribution in [3.8, 4) is 0 Å². The molecule has 0 saturated carbocycles. The molecule has 0 aliphatic carbocycles. The van der Waals surface area contributed by atoms with E-state index in [9.17, 15) is 9.59 Å². The summed E-state index contributed by atoms with van der Waals surface area (Å²) in [6, 6.07) is 6.65. The number of methoxy groups -OCH3 is 1. The van der Waals surface area contributed by atoms with Crippen LogP contribution in [-0.2, 0) is 11.3 Å². The van der Waals surface area contributed by atoms with Gasteiger partial charge < -0.3 is 9.84 Å². The maximum atomic E-state index is 11.1. The van der Waals surface area contributed by atoms with Crippen LogP contribution in [0.3, 0.4) is 0 Å². The van der Waals surface area contributed by atoms with Crippen LogP contribution in [0.2, 0.25) is 0 Å². The van der Waals surface area contributed by atoms with E-state index in [4.69, 9.17) is 5.11 Å². The third-order valence-corrected chi connectivity index (χ3v) is 1.86. The van der Waals surface area contributed by atoms with Gasteiger partial charge >= 0.3 is 12.1 Å². The number of carbonyl (C=O) groups is 2. The Kier molecular flexibility index (Phi) is 4.28. The summed E-state index contributed by atoms with van der Waals surface area (Å²) in [5, 5.41) is 8.31. The average Bonchev–Trinajstić information content (AvgIpc) is 2.28. The van der Waals surface area contributed by atoms with Crippen molar-refractivity contribution >= 4 is 12.1 Å². The Labute approximate surface area is 92.2 Å². The molecule has 16 heavy (non-hydrogen) atoms. The van der Waals surface area contributed by atoms with E-state index in [2.05, 4.69) is 10.2 Å². The van der Waals surface area contributed by atoms with Gasteiger partial charge in [-0.3, -0.25) is 5.43 Å². The number of esters is 1. The van der Waals surface area contributed by atoms with Crippen molar-refractivity contribution in [2.45, 2.75) is 6.54 Å². The summed E-state index contributed by atoms with van der Waals surface area (Å²) in [6.07, 6.45) is -1.15. The number of amides is 1. The van der Waals surface area contributed by atoms with Crippen molar-refractivity contribution in [2.75, 3.05) is 7.11 Å². The first kappa shape index (κ1) is 12.0. The molecule has 0 atom stereocenters. The summed E-state index contributed by atoms with van der Waals surface area (Å²) < 4.78 is 4.54. The van der Waals surface area contributed by atoms with E-state index in [0.717, 1.165) is 5.56 Å². The first-order chi connectivity index (χ1) is 7.63. The summed E-state index contributed by atoms with van der Waals surface area (Å²) in [6.45, 7) is 0.341. The molecular formula is C10H12N2O4. The van der Waals surface area contributed by atoms with E-state index >= 15 is 0 Å². The summed E-state index contributed by atoms with van der Waals surface area (Å²) >= 11 is 0. The molecule has 1 aromatic carbocycles. The maximum Gasteiger partial charge on any atom is 0.419 e. The van der Waals surface area contributed by atoms with Gasteiger partial charge in [-0.1, -0.05) is 12.1 Å². The van der Waals surface area contributed by atoms with Gasteiger partial charge in [0.2, 0.25) is 0 Å². The Balaban J connectivity index is 2.51. The van der Waals surface area contributed by atoms with Gasteiger partial charge in [-0.05, 0) is 17.7 Å². The summed E-state index contributed by atoms with van der Waals surface area (Å²) in [5.74, 6) is -0.400. The predicted octanol–water partition coefficient (Wildman–Crippen LogP) is 0.745. The minimum absolute atomic E-state index is 0.341. The number of benzene rings is 1. The number of hydrogen-bond donors (Lipinski definition) is 3. The lowest BCUT2D eigenvalue weighted by Crippen LogP contribution is -2.35. The van der Waals surface area contributed by atoms with Crippen molar-refractivity contribution < 1.29 is 19.4 Å². The van der Waals surface area contributed by atoms with Gasteiger partial charge in [0.05, 0.1) is 12.7 Å². The average molecular weight is 224 g/mol. The lowest BCUT2D eigenvalue weighted by Gasteiger charge is -2.04. The molecule has 1 rings (SSSR count). The van der Waals surface area contributed by atoms with Crippen LogP contribution in [0.5, 0.6) is 0 Å². The monoisotopic (exact) mass is 224 g/mol. The molecule has 0 heterocycles. The highest BCUT2D eigenvalue weighted by atomic mass is 16.5. The van der Waals surface area contributed by atoms with E-state index in [1.165, 1.54) is 7.11 Å². The number of carboxylic acid groups (broad SMARTS) is 1. The number of carbonyl (C=O) groups excluding carboxylic acids is 1. The molecule has 0 radical (unpaired) electrons. The van der Waals surface area contributed by atoms with Gasteiger partial charge in [0.1, 0.15) is 0 Å². The van der Waals surface area contributed by atoms with Gasteiger partial charge in [0.25, 0.3) is 0 Å². The summed E-state index contributed by atoms with van der Waals surface area (Å²) in [7, 11) is 1.31. The van der Waals surface area contributed by atoms with Gasteiger partial charge in [-0.15, -0.1) is 0 Å². The Bertz CT molecular complexity index is 375. The van der Waals surface area contributed by atoms with E-state index in [-0.39, 0.29) is 0 Å². The molecule has 1 aromatic rings.